The maximum absolute atomic E-state index is 13.4. The Balaban J connectivity index is 1.99. The van der Waals surface area contributed by atoms with E-state index in [2.05, 4.69) is 5.10 Å². The van der Waals surface area contributed by atoms with Gasteiger partial charge in [-0.2, -0.15) is 5.10 Å². The topological polar surface area (TPSA) is 70.1 Å². The summed E-state index contributed by atoms with van der Waals surface area (Å²) in [5, 5.41) is 3.97. The van der Waals surface area contributed by atoms with Crippen molar-refractivity contribution in [3.05, 3.63) is 47.3 Å². The summed E-state index contributed by atoms with van der Waals surface area (Å²) < 4.78 is 33.0. The molecule has 1 aromatic heterocycles. The van der Waals surface area contributed by atoms with E-state index in [1.807, 2.05) is 0 Å². The van der Waals surface area contributed by atoms with E-state index in [9.17, 15) is 13.6 Å². The third-order valence-corrected chi connectivity index (χ3v) is 2.82. The van der Waals surface area contributed by atoms with Crippen LogP contribution < -0.4 is 5.73 Å². The van der Waals surface area contributed by atoms with Crippen molar-refractivity contribution in [1.82, 2.24) is 9.78 Å². The summed E-state index contributed by atoms with van der Waals surface area (Å²) in [6.07, 6.45) is 2.07. The second-order valence-corrected chi connectivity index (χ2v) is 4.19. The number of hydrogen-bond donors (Lipinski definition) is 1. The van der Waals surface area contributed by atoms with E-state index in [0.29, 0.717) is 12.5 Å². The summed E-state index contributed by atoms with van der Waals surface area (Å²) in [6, 6.07) is 3.27. The number of carbonyl (C=O) groups is 1. The third kappa shape index (κ3) is 2.93. The number of nitrogens with zero attached hydrogens (tertiary/aromatic N) is 2. The lowest BCUT2D eigenvalue weighted by atomic mass is 10.2. The van der Waals surface area contributed by atoms with E-state index in [-0.39, 0.29) is 17.9 Å². The van der Waals surface area contributed by atoms with Gasteiger partial charge in [0.1, 0.15) is 11.6 Å². The Morgan fingerprint density at radius 1 is 1.40 bits per heavy atom. The highest BCUT2D eigenvalue weighted by Gasteiger charge is 2.16. The highest BCUT2D eigenvalue weighted by molar-refractivity contribution is 5.90. The van der Waals surface area contributed by atoms with Gasteiger partial charge in [-0.3, -0.25) is 4.68 Å². The van der Waals surface area contributed by atoms with Crippen LogP contribution in [-0.4, -0.2) is 22.4 Å². The number of esters is 1. The number of nitrogens with two attached hydrogens (primary N) is 1. The van der Waals surface area contributed by atoms with Crippen molar-refractivity contribution >= 4 is 11.7 Å². The number of ether oxygens (including phenoxy) is 1. The van der Waals surface area contributed by atoms with Gasteiger partial charge in [0.25, 0.3) is 0 Å². The van der Waals surface area contributed by atoms with Crippen molar-refractivity contribution in [2.45, 2.75) is 6.42 Å². The first-order chi connectivity index (χ1) is 9.49. The van der Waals surface area contributed by atoms with Crippen LogP contribution in [0.5, 0.6) is 0 Å². The second-order valence-electron chi connectivity index (χ2n) is 4.19. The molecule has 0 atom stereocenters. The molecule has 0 aliphatic carbocycles. The lowest BCUT2D eigenvalue weighted by molar-refractivity contribution is 0.0502. The molecule has 0 saturated heterocycles. The van der Waals surface area contributed by atoms with Crippen LogP contribution in [0.4, 0.5) is 14.5 Å². The maximum Gasteiger partial charge on any atom is 0.341 e. The molecule has 0 saturated carbocycles. The summed E-state index contributed by atoms with van der Waals surface area (Å²) in [4.78, 5) is 11.7. The van der Waals surface area contributed by atoms with Crippen LogP contribution >= 0.6 is 0 Å². The van der Waals surface area contributed by atoms with Crippen LogP contribution in [0.3, 0.4) is 0 Å². The van der Waals surface area contributed by atoms with E-state index >= 15 is 0 Å². The van der Waals surface area contributed by atoms with E-state index in [0.717, 1.165) is 11.8 Å². The molecule has 1 aromatic carbocycles. The molecule has 0 unspecified atom stereocenters. The Hall–Kier alpha value is -2.44. The zero-order valence-electron chi connectivity index (χ0n) is 10.8. The largest absolute Gasteiger partial charge is 0.462 e. The Morgan fingerprint density at radius 3 is 2.80 bits per heavy atom. The number of aromatic nitrogens is 2. The van der Waals surface area contributed by atoms with Crippen molar-refractivity contribution in [2.75, 3.05) is 12.3 Å². The summed E-state index contributed by atoms with van der Waals surface area (Å²) in [5.74, 6) is -2.78. The molecule has 0 radical (unpaired) electrons. The maximum atomic E-state index is 13.4. The predicted molar refractivity (Wildman–Crippen MR) is 68.0 cm³/mol. The van der Waals surface area contributed by atoms with Gasteiger partial charge in [-0.1, -0.05) is 0 Å². The Labute approximate surface area is 114 Å². The number of anilines is 1. The SMILES string of the molecule is Cn1nccc1CCOC(=O)c1cc(N)c(F)cc1F. The smallest absolute Gasteiger partial charge is 0.341 e. The minimum atomic E-state index is -0.998. The average molecular weight is 281 g/mol. The van der Waals surface area contributed by atoms with Crippen molar-refractivity contribution in [1.29, 1.82) is 0 Å². The first kappa shape index (κ1) is 14.0. The zero-order valence-corrected chi connectivity index (χ0v) is 10.8. The molecule has 20 heavy (non-hydrogen) atoms. The molecule has 2 rings (SSSR count). The van der Waals surface area contributed by atoms with Crippen LogP contribution in [0, 0.1) is 11.6 Å². The highest BCUT2D eigenvalue weighted by Crippen LogP contribution is 2.17. The summed E-state index contributed by atoms with van der Waals surface area (Å²) in [5.41, 5.74) is 5.48. The lowest BCUT2D eigenvalue weighted by Gasteiger charge is -2.07. The van der Waals surface area contributed by atoms with Crippen molar-refractivity contribution in [2.24, 2.45) is 7.05 Å². The first-order valence-electron chi connectivity index (χ1n) is 5.87. The van der Waals surface area contributed by atoms with Gasteiger partial charge >= 0.3 is 5.97 Å². The molecule has 0 aliphatic rings. The third-order valence-electron chi connectivity index (χ3n) is 2.82. The fourth-order valence-electron chi connectivity index (χ4n) is 1.69. The molecule has 2 N–H and O–H groups in total. The minimum absolute atomic E-state index is 0.0646. The number of carbonyl (C=O) groups excluding carboxylic acids is 1. The van der Waals surface area contributed by atoms with Gasteiger partial charge in [0.2, 0.25) is 0 Å². The summed E-state index contributed by atoms with van der Waals surface area (Å²) in [6.45, 7) is 0.0646. The molecular weight excluding hydrogens is 268 g/mol. The van der Waals surface area contributed by atoms with Crippen LogP contribution in [0.25, 0.3) is 0 Å². The van der Waals surface area contributed by atoms with Gasteiger partial charge in [-0.05, 0) is 12.1 Å². The number of benzene rings is 1. The lowest BCUT2D eigenvalue weighted by Crippen LogP contribution is -2.12. The number of nitrogen functional groups attached to an aromatic ring is 1. The summed E-state index contributed by atoms with van der Waals surface area (Å²) in [7, 11) is 1.76. The van der Waals surface area contributed by atoms with Crippen LogP contribution in [-0.2, 0) is 18.2 Å². The van der Waals surface area contributed by atoms with Crippen molar-refractivity contribution < 1.29 is 18.3 Å². The van der Waals surface area contributed by atoms with Crippen LogP contribution in [0.15, 0.2) is 24.4 Å². The van der Waals surface area contributed by atoms with Crippen LogP contribution in [0.1, 0.15) is 16.1 Å². The van der Waals surface area contributed by atoms with Gasteiger partial charge in [0, 0.05) is 31.4 Å². The van der Waals surface area contributed by atoms with Gasteiger partial charge in [0.05, 0.1) is 17.9 Å². The molecule has 0 fully saturated rings. The molecule has 2 aromatic rings. The zero-order chi connectivity index (χ0) is 14.7. The number of aryl methyl sites for hydroxylation is 1. The normalized spacial score (nSPS) is 10.6. The van der Waals surface area contributed by atoms with E-state index < -0.39 is 17.6 Å². The molecule has 1 heterocycles. The minimum Gasteiger partial charge on any atom is -0.462 e. The predicted octanol–water partition coefficient (Wildman–Crippen LogP) is 1.68. The van der Waals surface area contributed by atoms with Gasteiger partial charge in [-0.15, -0.1) is 0 Å². The Bertz CT molecular complexity index is 641. The van der Waals surface area contributed by atoms with Crippen molar-refractivity contribution in [3.8, 4) is 0 Å². The van der Waals surface area contributed by atoms with Crippen LogP contribution in [0.2, 0.25) is 0 Å². The van der Waals surface area contributed by atoms with E-state index in [1.165, 1.54) is 0 Å². The number of halogens is 2. The first-order valence-corrected chi connectivity index (χ1v) is 5.87. The van der Waals surface area contributed by atoms with Gasteiger partial charge in [-0.25, -0.2) is 13.6 Å². The molecule has 0 bridgehead atoms. The molecule has 106 valence electrons. The Morgan fingerprint density at radius 2 is 2.15 bits per heavy atom. The average Bonchev–Trinajstić information content (AvgIpc) is 2.79. The molecule has 7 heteroatoms. The second kappa shape index (κ2) is 5.68. The monoisotopic (exact) mass is 281 g/mol. The Kier molecular flexibility index (Phi) is 3.97. The molecule has 0 amide bonds. The van der Waals surface area contributed by atoms with Gasteiger partial charge in [0.15, 0.2) is 0 Å². The van der Waals surface area contributed by atoms with Crippen molar-refractivity contribution in [3.63, 3.8) is 0 Å². The number of hydrogen-bond acceptors (Lipinski definition) is 4. The highest BCUT2D eigenvalue weighted by atomic mass is 19.1. The fourth-order valence-corrected chi connectivity index (χ4v) is 1.69. The van der Waals surface area contributed by atoms with E-state index in [1.54, 1.807) is 24.0 Å². The molecule has 0 aliphatic heterocycles. The standard InChI is InChI=1S/C13H13F2N3O2/c1-18-8(2-4-17-18)3-5-20-13(19)9-6-12(16)11(15)7-10(9)14/h2,4,6-7H,3,5,16H2,1H3. The van der Waals surface area contributed by atoms with Gasteiger partial charge < -0.3 is 10.5 Å². The molecular formula is C13H13F2N3O2. The summed E-state index contributed by atoms with van der Waals surface area (Å²) >= 11 is 0. The van der Waals surface area contributed by atoms with E-state index in [4.69, 9.17) is 10.5 Å². The number of rotatable bonds is 4. The molecule has 0 spiro atoms. The quantitative estimate of drug-likeness (QED) is 0.683. The fraction of sp³-hybridized carbons (Fsp3) is 0.231. The molecule has 5 nitrogen and oxygen atoms in total.